The molecular weight excluding hydrogens is 236 g/mol. The van der Waals surface area contributed by atoms with Crippen LogP contribution in [0.15, 0.2) is 24.5 Å². The molecule has 5 heteroatoms. The summed E-state index contributed by atoms with van der Waals surface area (Å²) in [6.45, 7) is 0. The van der Waals surface area contributed by atoms with Gasteiger partial charge in [-0.25, -0.2) is 8.42 Å². The molecule has 0 amide bonds. The summed E-state index contributed by atoms with van der Waals surface area (Å²) in [7, 11) is -2.85. The predicted octanol–water partition coefficient (Wildman–Crippen LogP) is 1.17. The van der Waals surface area contributed by atoms with Gasteiger partial charge in [-0.1, -0.05) is 6.07 Å². The molecule has 0 aliphatic carbocycles. The van der Waals surface area contributed by atoms with Crippen LogP contribution in [0.25, 0.3) is 0 Å². The average molecular weight is 256 g/mol. The highest BCUT2D eigenvalue weighted by Gasteiger charge is 2.06. The Morgan fingerprint density at radius 3 is 2.76 bits per heavy atom. The number of aromatic nitrogens is 1. The second-order valence-corrected chi connectivity index (χ2v) is 6.69. The van der Waals surface area contributed by atoms with Crippen LogP contribution in [0.4, 0.5) is 0 Å². The predicted molar refractivity (Wildman–Crippen MR) is 69.5 cm³/mol. The van der Waals surface area contributed by atoms with Crippen molar-refractivity contribution in [2.75, 3.05) is 12.0 Å². The van der Waals surface area contributed by atoms with Crippen molar-refractivity contribution in [1.82, 2.24) is 4.98 Å². The molecule has 1 aromatic rings. The molecule has 4 nitrogen and oxygen atoms in total. The minimum absolute atomic E-state index is 0.0666. The lowest BCUT2D eigenvalue weighted by Gasteiger charge is -2.10. The summed E-state index contributed by atoms with van der Waals surface area (Å²) in [5.41, 5.74) is 7.11. The van der Waals surface area contributed by atoms with Crippen LogP contribution in [0.3, 0.4) is 0 Å². The first kappa shape index (κ1) is 14.1. The minimum Gasteiger partial charge on any atom is -0.328 e. The third-order valence-corrected chi connectivity index (χ3v) is 3.65. The molecule has 1 aromatic heterocycles. The van der Waals surface area contributed by atoms with E-state index in [2.05, 4.69) is 4.98 Å². The summed E-state index contributed by atoms with van der Waals surface area (Å²) < 4.78 is 21.9. The molecule has 0 saturated carbocycles. The summed E-state index contributed by atoms with van der Waals surface area (Å²) >= 11 is 0. The summed E-state index contributed by atoms with van der Waals surface area (Å²) in [4.78, 5) is 4.04. The van der Waals surface area contributed by atoms with Gasteiger partial charge >= 0.3 is 0 Å². The Labute approximate surface area is 103 Å². The van der Waals surface area contributed by atoms with E-state index in [1.54, 1.807) is 6.20 Å². The lowest BCUT2D eigenvalue weighted by molar-refractivity contribution is 0.553. The fourth-order valence-electron chi connectivity index (χ4n) is 1.65. The molecule has 1 atom stereocenters. The topological polar surface area (TPSA) is 73.0 Å². The molecule has 0 aliphatic rings. The average Bonchev–Trinajstić information content (AvgIpc) is 2.26. The second kappa shape index (κ2) is 6.71. The van der Waals surface area contributed by atoms with Gasteiger partial charge in [0.2, 0.25) is 0 Å². The zero-order valence-corrected chi connectivity index (χ0v) is 11.0. The van der Waals surface area contributed by atoms with Gasteiger partial charge in [0.05, 0.1) is 0 Å². The second-order valence-electron chi connectivity index (χ2n) is 4.43. The number of sulfone groups is 1. The molecular formula is C12H20N2O2S. The quantitative estimate of drug-likeness (QED) is 0.794. The van der Waals surface area contributed by atoms with Crippen molar-refractivity contribution in [1.29, 1.82) is 0 Å². The van der Waals surface area contributed by atoms with Crippen molar-refractivity contribution < 1.29 is 8.42 Å². The van der Waals surface area contributed by atoms with Gasteiger partial charge in [0.25, 0.3) is 0 Å². The van der Waals surface area contributed by atoms with E-state index in [0.29, 0.717) is 6.42 Å². The lowest BCUT2D eigenvalue weighted by Crippen LogP contribution is -2.21. The summed E-state index contributed by atoms with van der Waals surface area (Å²) in [5.74, 6) is 0.230. The van der Waals surface area contributed by atoms with E-state index in [1.807, 2.05) is 18.3 Å². The standard InChI is InChI=1S/C12H20N2O2S/c1-17(15,16)9-3-5-12(13)7-6-11-4-2-8-14-10-11/h2,4,8,10,12H,3,5-7,9,13H2,1H3. The van der Waals surface area contributed by atoms with Crippen LogP contribution in [-0.4, -0.2) is 31.5 Å². The zero-order valence-electron chi connectivity index (χ0n) is 10.2. The van der Waals surface area contributed by atoms with Gasteiger partial charge in [0.1, 0.15) is 9.84 Å². The molecule has 1 rings (SSSR count). The van der Waals surface area contributed by atoms with Crippen LogP contribution in [-0.2, 0) is 16.3 Å². The zero-order chi connectivity index (χ0) is 12.7. The van der Waals surface area contributed by atoms with E-state index in [-0.39, 0.29) is 11.8 Å². The molecule has 17 heavy (non-hydrogen) atoms. The van der Waals surface area contributed by atoms with E-state index >= 15 is 0 Å². The van der Waals surface area contributed by atoms with E-state index in [1.165, 1.54) is 11.8 Å². The Balaban J connectivity index is 2.20. The Bertz CT molecular complexity index is 417. The maximum Gasteiger partial charge on any atom is 0.147 e. The Kier molecular flexibility index (Phi) is 5.58. The largest absolute Gasteiger partial charge is 0.328 e. The van der Waals surface area contributed by atoms with E-state index in [0.717, 1.165) is 19.3 Å². The van der Waals surface area contributed by atoms with Crippen molar-refractivity contribution >= 4 is 9.84 Å². The highest BCUT2D eigenvalue weighted by atomic mass is 32.2. The van der Waals surface area contributed by atoms with Crippen LogP contribution in [0.1, 0.15) is 24.8 Å². The Hall–Kier alpha value is -0.940. The van der Waals surface area contributed by atoms with Gasteiger partial charge in [-0.2, -0.15) is 0 Å². The fraction of sp³-hybridized carbons (Fsp3) is 0.583. The molecule has 2 N–H and O–H groups in total. The summed E-state index contributed by atoms with van der Waals surface area (Å²) in [6, 6.07) is 4.00. The van der Waals surface area contributed by atoms with Crippen molar-refractivity contribution in [2.45, 2.75) is 31.7 Å². The van der Waals surface area contributed by atoms with Gasteiger partial charge in [-0.3, -0.25) is 4.98 Å². The molecule has 0 aromatic carbocycles. The molecule has 1 unspecified atom stereocenters. The maximum absolute atomic E-state index is 10.9. The normalized spacial score (nSPS) is 13.5. The third kappa shape index (κ3) is 7.07. The van der Waals surface area contributed by atoms with Gasteiger partial charge < -0.3 is 5.73 Å². The molecule has 0 radical (unpaired) electrons. The maximum atomic E-state index is 10.9. The monoisotopic (exact) mass is 256 g/mol. The first-order valence-corrected chi connectivity index (χ1v) is 7.85. The van der Waals surface area contributed by atoms with Gasteiger partial charge in [-0.05, 0) is 37.3 Å². The number of hydrogen-bond acceptors (Lipinski definition) is 4. The SMILES string of the molecule is CS(=O)(=O)CCCC(N)CCc1cccnc1. The van der Waals surface area contributed by atoms with Crippen molar-refractivity contribution in [3.05, 3.63) is 30.1 Å². The van der Waals surface area contributed by atoms with E-state index in [4.69, 9.17) is 5.73 Å². The van der Waals surface area contributed by atoms with Crippen molar-refractivity contribution in [2.24, 2.45) is 5.73 Å². The van der Waals surface area contributed by atoms with Crippen molar-refractivity contribution in [3.8, 4) is 0 Å². The third-order valence-electron chi connectivity index (χ3n) is 2.62. The molecule has 0 bridgehead atoms. The first-order chi connectivity index (χ1) is 7.97. The Morgan fingerprint density at radius 1 is 1.41 bits per heavy atom. The minimum atomic E-state index is -2.85. The molecule has 1 heterocycles. The van der Waals surface area contributed by atoms with Gasteiger partial charge in [-0.15, -0.1) is 0 Å². The van der Waals surface area contributed by atoms with Gasteiger partial charge in [0, 0.05) is 30.4 Å². The van der Waals surface area contributed by atoms with Crippen LogP contribution >= 0.6 is 0 Å². The van der Waals surface area contributed by atoms with Crippen LogP contribution in [0, 0.1) is 0 Å². The number of aryl methyl sites for hydroxylation is 1. The van der Waals surface area contributed by atoms with Gasteiger partial charge in [0.15, 0.2) is 0 Å². The summed E-state index contributed by atoms with van der Waals surface area (Å²) in [6.07, 6.45) is 8.01. The number of hydrogen-bond donors (Lipinski definition) is 1. The highest BCUT2D eigenvalue weighted by Crippen LogP contribution is 2.06. The highest BCUT2D eigenvalue weighted by molar-refractivity contribution is 7.90. The molecule has 0 fully saturated rings. The van der Waals surface area contributed by atoms with Crippen LogP contribution in [0.2, 0.25) is 0 Å². The smallest absolute Gasteiger partial charge is 0.147 e. The van der Waals surface area contributed by atoms with E-state index in [9.17, 15) is 8.42 Å². The first-order valence-electron chi connectivity index (χ1n) is 5.79. The Morgan fingerprint density at radius 2 is 2.18 bits per heavy atom. The molecule has 96 valence electrons. The number of nitrogens with zero attached hydrogens (tertiary/aromatic N) is 1. The molecule has 0 saturated heterocycles. The number of rotatable bonds is 7. The molecule has 0 aliphatic heterocycles. The summed E-state index contributed by atoms with van der Waals surface area (Å²) in [5, 5.41) is 0. The van der Waals surface area contributed by atoms with Crippen LogP contribution in [0.5, 0.6) is 0 Å². The number of nitrogens with two attached hydrogens (primary N) is 1. The van der Waals surface area contributed by atoms with Crippen molar-refractivity contribution in [3.63, 3.8) is 0 Å². The lowest BCUT2D eigenvalue weighted by atomic mass is 10.0. The van der Waals surface area contributed by atoms with Crippen LogP contribution < -0.4 is 5.73 Å². The fourth-order valence-corrected chi connectivity index (χ4v) is 2.34. The molecule has 0 spiro atoms. The van der Waals surface area contributed by atoms with E-state index < -0.39 is 9.84 Å². The number of pyridine rings is 1.